The van der Waals surface area contributed by atoms with Gasteiger partial charge in [0.25, 0.3) is 5.69 Å². The highest BCUT2D eigenvalue weighted by Gasteiger charge is 2.08. The summed E-state index contributed by atoms with van der Waals surface area (Å²) in [6.45, 7) is 0. The third-order valence-electron chi connectivity index (χ3n) is 1.53. The van der Waals surface area contributed by atoms with E-state index >= 15 is 0 Å². The fraction of sp³-hybridized carbons (Fsp3) is 0.200. The molecule has 17 heavy (non-hydrogen) atoms. The lowest BCUT2D eigenvalue weighted by atomic mass is 10.2. The molecule has 0 heterocycles. The number of benzene rings is 1. The Morgan fingerprint density at radius 3 is 2.24 bits per heavy atom. The van der Waals surface area contributed by atoms with Gasteiger partial charge in [-0.25, -0.2) is 0 Å². The molecular weight excluding hydrogens is 248 g/mol. The number of nitro groups is 1. The van der Waals surface area contributed by atoms with Crippen LogP contribution in [-0.4, -0.2) is 36.6 Å². The summed E-state index contributed by atoms with van der Waals surface area (Å²) in [6.07, 6.45) is 1.23. The zero-order valence-corrected chi connectivity index (χ0v) is 10.0. The summed E-state index contributed by atoms with van der Waals surface area (Å²) >= 11 is 5.55. The van der Waals surface area contributed by atoms with Crippen LogP contribution in [0.4, 0.5) is 5.69 Å². The molecular formula is C10H11ClN2O4. The van der Waals surface area contributed by atoms with E-state index in [1.807, 2.05) is 0 Å². The number of nitro benzene ring substituents is 1. The van der Waals surface area contributed by atoms with Crippen molar-refractivity contribution in [3.8, 4) is 0 Å². The monoisotopic (exact) mass is 258 g/mol. The van der Waals surface area contributed by atoms with Crippen LogP contribution in [0.25, 0.3) is 0 Å². The number of amides is 1. The largest absolute Gasteiger partial charge is 0.351 e. The summed E-state index contributed by atoms with van der Waals surface area (Å²) < 4.78 is 0. The Bertz CT molecular complexity index is 421. The Labute approximate surface area is 103 Å². The molecule has 0 N–H and O–H groups in total. The molecule has 1 aromatic carbocycles. The minimum absolute atomic E-state index is 0.130. The second-order valence-electron chi connectivity index (χ2n) is 3.15. The number of rotatable bonds is 3. The lowest BCUT2D eigenvalue weighted by Gasteiger charge is -1.94. The molecule has 92 valence electrons. The normalized spacial score (nSPS) is 8.65. The van der Waals surface area contributed by atoms with Gasteiger partial charge in [0.1, 0.15) is 0 Å². The quantitative estimate of drug-likeness (QED) is 0.470. The van der Waals surface area contributed by atoms with Crippen molar-refractivity contribution in [1.29, 1.82) is 0 Å². The van der Waals surface area contributed by atoms with Crippen molar-refractivity contribution in [3.05, 3.63) is 38.9 Å². The average molecular weight is 259 g/mol. The van der Waals surface area contributed by atoms with Gasteiger partial charge < -0.3 is 4.90 Å². The number of nitrogens with zero attached hydrogens (tertiary/aromatic N) is 2. The number of non-ortho nitro benzene ring substituents is 1. The zero-order valence-electron chi connectivity index (χ0n) is 9.29. The van der Waals surface area contributed by atoms with Crippen LogP contribution < -0.4 is 0 Å². The van der Waals surface area contributed by atoms with Crippen LogP contribution in [0.1, 0.15) is 10.4 Å². The van der Waals surface area contributed by atoms with E-state index in [2.05, 4.69) is 0 Å². The average Bonchev–Trinajstić information content (AvgIpc) is 2.30. The molecule has 7 heteroatoms. The van der Waals surface area contributed by atoms with E-state index in [9.17, 15) is 19.7 Å². The number of aldehydes is 1. The van der Waals surface area contributed by atoms with Gasteiger partial charge in [-0.15, -0.1) is 0 Å². The predicted octanol–water partition coefficient (Wildman–Crippen LogP) is 1.77. The molecule has 0 spiro atoms. The molecule has 0 atom stereocenters. The van der Waals surface area contributed by atoms with Crippen molar-refractivity contribution in [2.75, 3.05) is 14.1 Å². The molecule has 0 aliphatic heterocycles. The summed E-state index contributed by atoms with van der Waals surface area (Å²) in [6, 6.07) is 3.70. The van der Waals surface area contributed by atoms with Gasteiger partial charge >= 0.3 is 0 Å². The van der Waals surface area contributed by atoms with Crippen LogP contribution in [0.3, 0.4) is 0 Å². The minimum Gasteiger partial charge on any atom is -0.351 e. The summed E-state index contributed by atoms with van der Waals surface area (Å²) in [5, 5.41) is 10.4. The standard InChI is InChI=1S/C7H4ClNO3.C3H7NO/c8-7-2-1-6(9(11)12)3-5(7)4-10;1-4(2)3-5/h1-4H;3H,1-2H3. The Balaban J connectivity index is 0.000000437. The van der Waals surface area contributed by atoms with Gasteiger partial charge in [-0.3, -0.25) is 19.7 Å². The SMILES string of the molecule is CN(C)C=O.O=Cc1cc([N+](=O)[O-])ccc1Cl. The molecule has 0 unspecified atom stereocenters. The van der Waals surface area contributed by atoms with Gasteiger partial charge in [-0.2, -0.15) is 0 Å². The van der Waals surface area contributed by atoms with Crippen molar-refractivity contribution in [2.24, 2.45) is 0 Å². The fourth-order valence-electron chi connectivity index (χ4n) is 0.735. The first-order valence-corrected chi connectivity index (χ1v) is 4.81. The zero-order chi connectivity index (χ0) is 13.4. The first-order chi connectivity index (χ1) is 7.92. The molecule has 1 rings (SSSR count). The van der Waals surface area contributed by atoms with Gasteiger partial charge in [0, 0.05) is 31.8 Å². The molecule has 0 radical (unpaired) electrons. The molecule has 0 saturated heterocycles. The molecule has 1 amide bonds. The van der Waals surface area contributed by atoms with Gasteiger partial charge in [-0.05, 0) is 6.07 Å². The highest BCUT2D eigenvalue weighted by molar-refractivity contribution is 6.33. The van der Waals surface area contributed by atoms with Crippen LogP contribution >= 0.6 is 11.6 Å². The van der Waals surface area contributed by atoms with Gasteiger partial charge in [0.15, 0.2) is 6.29 Å². The summed E-state index contributed by atoms with van der Waals surface area (Å²) in [7, 11) is 3.38. The Kier molecular flexibility index (Phi) is 6.50. The molecule has 1 aromatic rings. The highest BCUT2D eigenvalue weighted by atomic mass is 35.5. The number of hydrogen-bond donors (Lipinski definition) is 0. The van der Waals surface area contributed by atoms with Crippen LogP contribution in [-0.2, 0) is 4.79 Å². The Hall–Kier alpha value is -1.95. The second kappa shape index (κ2) is 7.34. The third-order valence-corrected chi connectivity index (χ3v) is 1.87. The number of halogens is 1. The van der Waals surface area contributed by atoms with E-state index in [4.69, 9.17) is 11.6 Å². The minimum atomic E-state index is -0.580. The molecule has 6 nitrogen and oxygen atoms in total. The molecule has 0 aliphatic carbocycles. The summed E-state index contributed by atoms with van der Waals surface area (Å²) in [5.41, 5.74) is -0.00707. The second-order valence-corrected chi connectivity index (χ2v) is 3.56. The molecule has 0 aliphatic rings. The number of carbonyl (C=O) groups is 2. The van der Waals surface area contributed by atoms with Crippen molar-refractivity contribution >= 4 is 30.0 Å². The maximum absolute atomic E-state index is 10.3. The molecule has 0 bridgehead atoms. The first-order valence-electron chi connectivity index (χ1n) is 4.43. The van der Waals surface area contributed by atoms with Crippen LogP contribution in [0.2, 0.25) is 5.02 Å². The topological polar surface area (TPSA) is 80.5 Å². The third kappa shape index (κ3) is 5.62. The van der Waals surface area contributed by atoms with Crippen LogP contribution in [0.15, 0.2) is 18.2 Å². The summed E-state index contributed by atoms with van der Waals surface area (Å²) in [4.78, 5) is 30.8. The van der Waals surface area contributed by atoms with Gasteiger partial charge in [0.2, 0.25) is 6.41 Å². The van der Waals surface area contributed by atoms with Crippen LogP contribution in [0, 0.1) is 10.1 Å². The van der Waals surface area contributed by atoms with Crippen molar-refractivity contribution in [1.82, 2.24) is 4.90 Å². The van der Waals surface area contributed by atoms with Gasteiger partial charge in [-0.1, -0.05) is 11.6 Å². The highest BCUT2D eigenvalue weighted by Crippen LogP contribution is 2.19. The summed E-state index contributed by atoms with van der Waals surface area (Å²) in [5.74, 6) is 0. The van der Waals surface area contributed by atoms with E-state index in [-0.39, 0.29) is 16.3 Å². The lowest BCUT2D eigenvalue weighted by molar-refractivity contribution is -0.384. The first kappa shape index (κ1) is 15.0. The fourth-order valence-corrected chi connectivity index (χ4v) is 0.897. The van der Waals surface area contributed by atoms with E-state index in [0.29, 0.717) is 6.29 Å². The Morgan fingerprint density at radius 2 is 1.88 bits per heavy atom. The van der Waals surface area contributed by atoms with Crippen molar-refractivity contribution in [3.63, 3.8) is 0 Å². The van der Waals surface area contributed by atoms with Crippen molar-refractivity contribution in [2.45, 2.75) is 0 Å². The van der Waals surface area contributed by atoms with E-state index < -0.39 is 4.92 Å². The van der Waals surface area contributed by atoms with Gasteiger partial charge in [0.05, 0.1) is 9.95 Å². The maximum Gasteiger partial charge on any atom is 0.270 e. The smallest absolute Gasteiger partial charge is 0.270 e. The van der Waals surface area contributed by atoms with E-state index in [0.717, 1.165) is 12.5 Å². The number of carbonyl (C=O) groups excluding carboxylic acids is 2. The predicted molar refractivity (Wildman–Crippen MR) is 63.2 cm³/mol. The van der Waals surface area contributed by atoms with E-state index in [1.165, 1.54) is 17.0 Å². The number of hydrogen-bond acceptors (Lipinski definition) is 4. The molecule has 0 aromatic heterocycles. The molecule has 0 fully saturated rings. The van der Waals surface area contributed by atoms with Crippen LogP contribution in [0.5, 0.6) is 0 Å². The lowest BCUT2D eigenvalue weighted by Crippen LogP contribution is -2.06. The van der Waals surface area contributed by atoms with E-state index in [1.54, 1.807) is 14.1 Å². The maximum atomic E-state index is 10.3. The molecule has 0 saturated carbocycles. The Morgan fingerprint density at radius 1 is 1.35 bits per heavy atom. The van der Waals surface area contributed by atoms with Crippen molar-refractivity contribution < 1.29 is 14.5 Å².